The topological polar surface area (TPSA) is 88.7 Å². The quantitative estimate of drug-likeness (QED) is 0.471. The van der Waals surface area contributed by atoms with Gasteiger partial charge in [-0.05, 0) is 24.4 Å². The predicted octanol–water partition coefficient (Wildman–Crippen LogP) is 3.83. The number of furan rings is 1. The molecular formula is C19H17N5O2S2. The number of benzene rings is 1. The van der Waals surface area contributed by atoms with E-state index in [0.717, 1.165) is 11.4 Å². The molecule has 142 valence electrons. The van der Waals surface area contributed by atoms with E-state index in [1.54, 1.807) is 16.9 Å². The van der Waals surface area contributed by atoms with Crippen molar-refractivity contribution in [1.29, 1.82) is 0 Å². The first-order chi connectivity index (χ1) is 13.6. The molecule has 7 nitrogen and oxygen atoms in total. The van der Waals surface area contributed by atoms with Crippen LogP contribution >= 0.6 is 23.6 Å². The van der Waals surface area contributed by atoms with Crippen LogP contribution in [0, 0.1) is 4.77 Å². The van der Waals surface area contributed by atoms with Crippen molar-refractivity contribution >= 4 is 29.5 Å². The molecule has 0 spiro atoms. The molecule has 1 amide bonds. The number of hydrogen-bond donors (Lipinski definition) is 2. The minimum atomic E-state index is -0.175. The van der Waals surface area contributed by atoms with E-state index in [1.165, 1.54) is 11.3 Å². The third-order valence-corrected chi connectivity index (χ3v) is 5.65. The van der Waals surface area contributed by atoms with Gasteiger partial charge in [-0.25, -0.2) is 4.98 Å². The molecule has 2 N–H and O–H groups in total. The molecule has 4 rings (SSSR count). The van der Waals surface area contributed by atoms with Crippen LogP contribution in [-0.4, -0.2) is 32.2 Å². The Hall–Kier alpha value is -3.04. The second-order valence-electron chi connectivity index (χ2n) is 6.05. The van der Waals surface area contributed by atoms with E-state index >= 15 is 0 Å². The number of carbonyl (C=O) groups is 1. The number of amides is 1. The van der Waals surface area contributed by atoms with E-state index in [9.17, 15) is 4.79 Å². The fraction of sp³-hybridized carbons (Fsp3) is 0.158. The molecule has 0 bridgehead atoms. The first-order valence-corrected chi connectivity index (χ1v) is 9.84. The average Bonchev–Trinajstić information content (AvgIpc) is 3.45. The Morgan fingerprint density at radius 2 is 2.11 bits per heavy atom. The van der Waals surface area contributed by atoms with E-state index in [-0.39, 0.29) is 5.91 Å². The third kappa shape index (κ3) is 3.67. The summed E-state index contributed by atoms with van der Waals surface area (Å²) in [5.74, 6) is 1.25. The van der Waals surface area contributed by atoms with E-state index in [1.807, 2.05) is 43.4 Å². The molecule has 0 atom stereocenters. The lowest BCUT2D eigenvalue weighted by Gasteiger charge is -2.05. The van der Waals surface area contributed by atoms with Gasteiger partial charge in [0.05, 0.1) is 12.0 Å². The van der Waals surface area contributed by atoms with Crippen molar-refractivity contribution in [2.75, 3.05) is 6.54 Å². The van der Waals surface area contributed by atoms with Gasteiger partial charge in [-0.3, -0.25) is 9.89 Å². The maximum absolute atomic E-state index is 12.9. The Bertz CT molecular complexity index is 1140. The molecule has 0 radical (unpaired) electrons. The van der Waals surface area contributed by atoms with E-state index in [2.05, 4.69) is 20.5 Å². The van der Waals surface area contributed by atoms with Crippen LogP contribution in [0.2, 0.25) is 0 Å². The maximum atomic E-state index is 12.9. The fourth-order valence-electron chi connectivity index (χ4n) is 2.74. The number of H-pyrrole nitrogens is 1. The van der Waals surface area contributed by atoms with Crippen LogP contribution in [0.5, 0.6) is 0 Å². The molecule has 0 fully saturated rings. The first-order valence-electron chi connectivity index (χ1n) is 8.62. The summed E-state index contributed by atoms with van der Waals surface area (Å²) in [7, 11) is 1.84. The van der Waals surface area contributed by atoms with Gasteiger partial charge in [0.15, 0.2) is 15.5 Å². The normalized spacial score (nSPS) is 10.9. The zero-order valence-electron chi connectivity index (χ0n) is 15.0. The van der Waals surface area contributed by atoms with Crippen molar-refractivity contribution in [3.63, 3.8) is 0 Å². The van der Waals surface area contributed by atoms with Crippen molar-refractivity contribution < 1.29 is 9.21 Å². The Kier molecular flexibility index (Phi) is 5.18. The highest BCUT2D eigenvalue weighted by molar-refractivity contribution is 7.71. The number of nitrogens with zero attached hydrogens (tertiary/aromatic N) is 3. The lowest BCUT2D eigenvalue weighted by Crippen LogP contribution is -2.26. The summed E-state index contributed by atoms with van der Waals surface area (Å²) in [5.41, 5.74) is 1.53. The molecule has 4 aromatic rings. The first kappa shape index (κ1) is 18.3. The van der Waals surface area contributed by atoms with Crippen LogP contribution in [-0.2, 0) is 13.5 Å². The minimum Gasteiger partial charge on any atom is -0.462 e. The van der Waals surface area contributed by atoms with Crippen LogP contribution in [0.15, 0.2) is 53.1 Å². The molecule has 0 aliphatic heterocycles. The van der Waals surface area contributed by atoms with Crippen molar-refractivity contribution in [2.24, 2.45) is 7.05 Å². The fourth-order valence-corrected chi connectivity index (χ4v) is 3.87. The summed E-state index contributed by atoms with van der Waals surface area (Å²) in [6, 6.07) is 13.3. The van der Waals surface area contributed by atoms with Gasteiger partial charge in [0.25, 0.3) is 5.91 Å². The van der Waals surface area contributed by atoms with Gasteiger partial charge < -0.3 is 14.3 Å². The highest BCUT2D eigenvalue weighted by Gasteiger charge is 2.21. The average molecular weight is 412 g/mol. The van der Waals surface area contributed by atoms with Crippen molar-refractivity contribution in [3.8, 4) is 22.0 Å². The van der Waals surface area contributed by atoms with Crippen LogP contribution in [0.1, 0.15) is 15.5 Å². The number of nitrogens with one attached hydrogen (secondary N) is 2. The molecule has 3 heterocycles. The molecule has 28 heavy (non-hydrogen) atoms. The van der Waals surface area contributed by atoms with Crippen LogP contribution < -0.4 is 5.32 Å². The maximum Gasteiger partial charge on any atom is 0.263 e. The number of thiazole rings is 1. The molecule has 1 aromatic carbocycles. The van der Waals surface area contributed by atoms with Gasteiger partial charge in [0.1, 0.15) is 10.7 Å². The molecule has 0 saturated heterocycles. The Morgan fingerprint density at radius 3 is 2.79 bits per heavy atom. The molecular weight excluding hydrogens is 394 g/mol. The summed E-state index contributed by atoms with van der Waals surface area (Å²) >= 11 is 6.42. The van der Waals surface area contributed by atoms with Crippen molar-refractivity contribution in [1.82, 2.24) is 25.1 Å². The number of aromatic nitrogens is 4. The van der Waals surface area contributed by atoms with Gasteiger partial charge in [0, 0.05) is 25.6 Å². The largest absolute Gasteiger partial charge is 0.462 e. The SMILES string of the molecule is Cn1c(CCNC(=O)c2sc(-c3ccco3)nc2-c2ccccc2)n[nH]c1=S. The number of carbonyl (C=O) groups excluding carboxylic acids is 1. The second kappa shape index (κ2) is 7.91. The van der Waals surface area contributed by atoms with Crippen LogP contribution in [0.3, 0.4) is 0 Å². The van der Waals surface area contributed by atoms with Crippen LogP contribution in [0.4, 0.5) is 0 Å². The minimum absolute atomic E-state index is 0.175. The van der Waals surface area contributed by atoms with Crippen LogP contribution in [0.25, 0.3) is 22.0 Å². The monoisotopic (exact) mass is 411 g/mol. The summed E-state index contributed by atoms with van der Waals surface area (Å²) in [4.78, 5) is 18.1. The number of rotatable bonds is 6. The summed E-state index contributed by atoms with van der Waals surface area (Å²) < 4.78 is 7.79. The molecule has 0 unspecified atom stereocenters. The van der Waals surface area contributed by atoms with E-state index < -0.39 is 0 Å². The predicted molar refractivity (Wildman–Crippen MR) is 110 cm³/mol. The molecule has 0 saturated carbocycles. The standard InChI is InChI=1S/C19H17N5O2S2/c1-24-14(22-23-19(24)27)9-10-20-17(25)16-15(12-6-3-2-4-7-12)21-18(28-16)13-8-5-11-26-13/h2-8,11H,9-10H2,1H3,(H,20,25)(H,23,27). The van der Waals surface area contributed by atoms with Gasteiger partial charge in [-0.1, -0.05) is 30.3 Å². The summed E-state index contributed by atoms with van der Waals surface area (Å²) in [5, 5.41) is 10.5. The van der Waals surface area contributed by atoms with Crippen molar-refractivity contribution in [3.05, 3.63) is 64.2 Å². The summed E-state index contributed by atoms with van der Waals surface area (Å²) in [6.07, 6.45) is 2.16. The highest BCUT2D eigenvalue weighted by atomic mass is 32.1. The van der Waals surface area contributed by atoms with Gasteiger partial charge in [-0.15, -0.1) is 11.3 Å². The Morgan fingerprint density at radius 1 is 1.29 bits per heavy atom. The lowest BCUT2D eigenvalue weighted by molar-refractivity contribution is 0.0958. The second-order valence-corrected chi connectivity index (χ2v) is 7.44. The van der Waals surface area contributed by atoms with Gasteiger partial charge >= 0.3 is 0 Å². The lowest BCUT2D eigenvalue weighted by atomic mass is 10.1. The summed E-state index contributed by atoms with van der Waals surface area (Å²) in [6.45, 7) is 0.439. The molecule has 0 aliphatic carbocycles. The number of hydrogen-bond acceptors (Lipinski definition) is 6. The Labute approximate surface area is 170 Å². The van der Waals surface area contributed by atoms with E-state index in [4.69, 9.17) is 16.6 Å². The van der Waals surface area contributed by atoms with Crippen molar-refractivity contribution in [2.45, 2.75) is 6.42 Å². The smallest absolute Gasteiger partial charge is 0.263 e. The zero-order chi connectivity index (χ0) is 19.5. The third-order valence-electron chi connectivity index (χ3n) is 4.22. The zero-order valence-corrected chi connectivity index (χ0v) is 16.6. The molecule has 0 aliphatic rings. The van der Waals surface area contributed by atoms with Gasteiger partial charge in [-0.2, -0.15) is 5.10 Å². The molecule has 9 heteroatoms. The highest BCUT2D eigenvalue weighted by Crippen LogP contribution is 2.34. The Balaban J connectivity index is 1.57. The number of aromatic amines is 1. The molecule has 3 aromatic heterocycles. The van der Waals surface area contributed by atoms with Gasteiger partial charge in [0.2, 0.25) is 0 Å². The van der Waals surface area contributed by atoms with E-state index in [0.29, 0.717) is 39.1 Å².